The van der Waals surface area contributed by atoms with Gasteiger partial charge >= 0.3 is 0 Å². The van der Waals surface area contributed by atoms with Crippen LogP contribution in [-0.2, 0) is 17.9 Å². The van der Waals surface area contributed by atoms with Gasteiger partial charge in [-0.15, -0.1) is 0 Å². The molecule has 5 nitrogen and oxygen atoms in total. The number of amides is 1. The van der Waals surface area contributed by atoms with Gasteiger partial charge in [-0.25, -0.2) is 0 Å². The Labute approximate surface area is 130 Å². The van der Waals surface area contributed by atoms with Crippen LogP contribution in [-0.4, -0.2) is 26.1 Å². The van der Waals surface area contributed by atoms with Crippen molar-refractivity contribution < 1.29 is 18.8 Å². The number of likely N-dealkylation sites (N-methyl/N-ethyl adjacent to an activating group) is 1. The highest BCUT2D eigenvalue weighted by Gasteiger charge is 2.22. The Balaban J connectivity index is 1.82. The Kier molecular flexibility index (Phi) is 5.61. The highest BCUT2D eigenvalue weighted by atomic mass is 16.5. The molecule has 5 heteroatoms. The monoisotopic (exact) mass is 303 g/mol. The molecule has 0 spiro atoms. The molecule has 1 amide bonds. The first-order valence-corrected chi connectivity index (χ1v) is 7.35. The molecule has 1 aromatic carbocycles. The third-order valence-corrected chi connectivity index (χ3v) is 3.79. The second-order valence-corrected chi connectivity index (χ2v) is 5.39. The quantitative estimate of drug-likeness (QED) is 0.802. The van der Waals surface area contributed by atoms with Crippen LogP contribution in [0.15, 0.2) is 47.1 Å². The molecule has 22 heavy (non-hydrogen) atoms. The second-order valence-electron chi connectivity index (χ2n) is 5.39. The van der Waals surface area contributed by atoms with Crippen molar-refractivity contribution in [1.29, 1.82) is 0 Å². The van der Waals surface area contributed by atoms with Gasteiger partial charge in [-0.05, 0) is 36.8 Å². The molecule has 2 atom stereocenters. The van der Waals surface area contributed by atoms with E-state index in [1.807, 2.05) is 50.4 Å². The van der Waals surface area contributed by atoms with Gasteiger partial charge in [-0.3, -0.25) is 4.79 Å². The van der Waals surface area contributed by atoms with E-state index in [1.54, 1.807) is 13.4 Å². The van der Waals surface area contributed by atoms with E-state index >= 15 is 0 Å². The zero-order valence-electron chi connectivity index (χ0n) is 13.3. The highest BCUT2D eigenvalue weighted by molar-refractivity contribution is 5.79. The molecule has 1 heterocycles. The molecule has 1 unspecified atom stereocenters. The molecule has 0 aliphatic carbocycles. The fourth-order valence-electron chi connectivity index (χ4n) is 2.15. The van der Waals surface area contributed by atoms with E-state index in [9.17, 15) is 4.79 Å². The lowest BCUT2D eigenvalue weighted by molar-refractivity contribution is -0.909. The summed E-state index contributed by atoms with van der Waals surface area (Å²) in [5.41, 5.74) is 1.05. The predicted octanol–water partition coefficient (Wildman–Crippen LogP) is 1.01. The van der Waals surface area contributed by atoms with Crippen LogP contribution in [0.4, 0.5) is 0 Å². The number of rotatable bonds is 7. The van der Waals surface area contributed by atoms with Crippen molar-refractivity contribution >= 4 is 5.91 Å². The van der Waals surface area contributed by atoms with E-state index in [-0.39, 0.29) is 11.9 Å². The van der Waals surface area contributed by atoms with Crippen molar-refractivity contribution in [3.8, 4) is 5.75 Å². The summed E-state index contributed by atoms with van der Waals surface area (Å²) in [4.78, 5) is 13.3. The molecule has 118 valence electrons. The third-order valence-electron chi connectivity index (χ3n) is 3.79. The normalized spacial score (nSPS) is 13.4. The highest BCUT2D eigenvalue weighted by Crippen LogP contribution is 2.10. The number of hydrogen-bond donors (Lipinski definition) is 2. The first-order chi connectivity index (χ1) is 10.6. The lowest BCUT2D eigenvalue weighted by Gasteiger charge is -2.20. The number of carbonyl (C=O) groups is 1. The average Bonchev–Trinajstić information content (AvgIpc) is 3.05. The lowest BCUT2D eigenvalue weighted by Crippen LogP contribution is -3.12. The van der Waals surface area contributed by atoms with Crippen LogP contribution in [0, 0.1) is 0 Å². The van der Waals surface area contributed by atoms with Crippen molar-refractivity contribution in [2.45, 2.75) is 26.1 Å². The average molecular weight is 303 g/mol. The van der Waals surface area contributed by atoms with Gasteiger partial charge < -0.3 is 19.4 Å². The third kappa shape index (κ3) is 4.36. The maximum atomic E-state index is 12.2. The van der Waals surface area contributed by atoms with Gasteiger partial charge in [0.2, 0.25) is 0 Å². The molecule has 2 rings (SSSR count). The summed E-state index contributed by atoms with van der Waals surface area (Å²) in [6.45, 7) is 3.12. The fraction of sp³-hybridized carbons (Fsp3) is 0.353. The summed E-state index contributed by atoms with van der Waals surface area (Å²) in [5, 5.41) is 2.97. The second kappa shape index (κ2) is 7.66. The summed E-state index contributed by atoms with van der Waals surface area (Å²) < 4.78 is 10.4. The van der Waals surface area contributed by atoms with Crippen LogP contribution in [0.5, 0.6) is 5.75 Å². The lowest BCUT2D eigenvalue weighted by atomic mass is 10.2. The maximum absolute atomic E-state index is 12.2. The van der Waals surface area contributed by atoms with E-state index in [4.69, 9.17) is 9.15 Å². The topological polar surface area (TPSA) is 55.9 Å². The fourth-order valence-corrected chi connectivity index (χ4v) is 2.15. The van der Waals surface area contributed by atoms with E-state index in [0.717, 1.165) is 22.0 Å². The molecule has 1 aromatic heterocycles. The SMILES string of the molecule is COc1ccc(CNC(=O)[C@@H](C)[NH+](C)Cc2ccco2)cc1. The van der Waals surface area contributed by atoms with E-state index < -0.39 is 0 Å². The van der Waals surface area contributed by atoms with Crippen molar-refractivity contribution in [2.75, 3.05) is 14.2 Å². The summed E-state index contributed by atoms with van der Waals surface area (Å²) in [7, 11) is 3.62. The van der Waals surface area contributed by atoms with Crippen molar-refractivity contribution in [2.24, 2.45) is 0 Å². The Morgan fingerprint density at radius 1 is 1.32 bits per heavy atom. The standard InChI is InChI=1S/C17H22N2O3/c1-13(19(2)12-16-5-4-10-22-16)17(20)18-11-14-6-8-15(21-3)9-7-14/h4-10,13H,11-12H2,1-3H3,(H,18,20)/p+1/t13-/m1/s1. The van der Waals surface area contributed by atoms with Crippen molar-refractivity contribution in [3.63, 3.8) is 0 Å². The van der Waals surface area contributed by atoms with Gasteiger partial charge in [-0.1, -0.05) is 12.1 Å². The van der Waals surface area contributed by atoms with Gasteiger partial charge in [0.25, 0.3) is 5.91 Å². The minimum absolute atomic E-state index is 0.0277. The molecule has 0 fully saturated rings. The molecular weight excluding hydrogens is 280 g/mol. The first-order valence-electron chi connectivity index (χ1n) is 7.35. The van der Waals surface area contributed by atoms with Gasteiger partial charge in [0.15, 0.2) is 11.8 Å². The summed E-state index contributed by atoms with van der Waals surface area (Å²) in [6.07, 6.45) is 1.65. The van der Waals surface area contributed by atoms with Crippen LogP contribution >= 0.6 is 0 Å². The molecule has 0 saturated heterocycles. The Morgan fingerprint density at radius 3 is 2.64 bits per heavy atom. The minimum atomic E-state index is -0.150. The van der Waals surface area contributed by atoms with Crippen LogP contribution in [0.1, 0.15) is 18.2 Å². The van der Waals surface area contributed by atoms with Crippen LogP contribution in [0.3, 0.4) is 0 Å². The summed E-state index contributed by atoms with van der Waals surface area (Å²) in [5.74, 6) is 1.72. The van der Waals surface area contributed by atoms with E-state index in [2.05, 4.69) is 5.32 Å². The zero-order valence-corrected chi connectivity index (χ0v) is 13.3. The number of nitrogens with one attached hydrogen (secondary N) is 2. The molecular formula is C17H23N2O3+. The number of ether oxygens (including phenoxy) is 1. The van der Waals surface area contributed by atoms with Gasteiger partial charge in [0.05, 0.1) is 20.4 Å². The number of furan rings is 1. The molecule has 0 aliphatic rings. The number of quaternary nitrogens is 1. The Morgan fingerprint density at radius 2 is 2.05 bits per heavy atom. The number of hydrogen-bond acceptors (Lipinski definition) is 3. The summed E-state index contributed by atoms with van der Waals surface area (Å²) in [6, 6.07) is 11.3. The zero-order chi connectivity index (χ0) is 15.9. The molecule has 2 aromatic rings. The smallest absolute Gasteiger partial charge is 0.278 e. The Bertz CT molecular complexity index is 578. The number of methoxy groups -OCH3 is 1. The predicted molar refractivity (Wildman–Crippen MR) is 83.6 cm³/mol. The van der Waals surface area contributed by atoms with Gasteiger partial charge in [0, 0.05) is 6.54 Å². The minimum Gasteiger partial charge on any atom is -0.497 e. The first kappa shape index (κ1) is 16.1. The van der Waals surface area contributed by atoms with Crippen molar-refractivity contribution in [1.82, 2.24) is 5.32 Å². The van der Waals surface area contributed by atoms with E-state index in [0.29, 0.717) is 13.1 Å². The number of benzene rings is 1. The van der Waals surface area contributed by atoms with Gasteiger partial charge in [0.1, 0.15) is 12.3 Å². The molecule has 0 aliphatic heterocycles. The Hall–Kier alpha value is -2.27. The number of carbonyl (C=O) groups excluding carboxylic acids is 1. The van der Waals surface area contributed by atoms with Crippen LogP contribution in [0.2, 0.25) is 0 Å². The van der Waals surface area contributed by atoms with Gasteiger partial charge in [-0.2, -0.15) is 0 Å². The van der Waals surface area contributed by atoms with E-state index in [1.165, 1.54) is 0 Å². The van der Waals surface area contributed by atoms with Crippen LogP contribution in [0.25, 0.3) is 0 Å². The summed E-state index contributed by atoms with van der Waals surface area (Å²) >= 11 is 0. The largest absolute Gasteiger partial charge is 0.497 e. The van der Waals surface area contributed by atoms with Crippen molar-refractivity contribution in [3.05, 3.63) is 54.0 Å². The maximum Gasteiger partial charge on any atom is 0.278 e. The van der Waals surface area contributed by atoms with Crippen LogP contribution < -0.4 is 15.0 Å². The molecule has 0 radical (unpaired) electrons. The molecule has 0 bridgehead atoms. The molecule has 2 N–H and O–H groups in total. The molecule has 0 saturated carbocycles.